The van der Waals surface area contributed by atoms with Gasteiger partial charge >= 0.3 is 12.0 Å². The van der Waals surface area contributed by atoms with Crippen molar-refractivity contribution in [1.29, 1.82) is 0 Å². The van der Waals surface area contributed by atoms with Gasteiger partial charge in [-0.25, -0.2) is 4.79 Å². The second-order valence-corrected chi connectivity index (χ2v) is 7.46. The summed E-state index contributed by atoms with van der Waals surface area (Å²) in [5.74, 6) is -2.33. The average Bonchev–Trinajstić information content (AvgIpc) is 2.93. The number of imide groups is 1. The van der Waals surface area contributed by atoms with Crippen molar-refractivity contribution in [2.45, 2.75) is 38.6 Å². The minimum absolute atomic E-state index is 0.198. The van der Waals surface area contributed by atoms with Gasteiger partial charge in [-0.1, -0.05) is 31.9 Å². The summed E-state index contributed by atoms with van der Waals surface area (Å²) >= 11 is 0. The van der Waals surface area contributed by atoms with Gasteiger partial charge < -0.3 is 15.4 Å². The molecular formula is C20H24N4O6. The molecule has 2 heterocycles. The van der Waals surface area contributed by atoms with Gasteiger partial charge in [0.2, 0.25) is 5.91 Å². The first-order chi connectivity index (χ1) is 14.2. The minimum Gasteiger partial charge on any atom is -0.454 e. The second kappa shape index (κ2) is 8.52. The fourth-order valence-corrected chi connectivity index (χ4v) is 3.44. The number of anilines is 2. The maximum atomic E-state index is 12.6. The maximum Gasteiger partial charge on any atom is 0.326 e. The summed E-state index contributed by atoms with van der Waals surface area (Å²) in [6.45, 7) is 2.20. The molecule has 10 nitrogen and oxygen atoms in total. The Hall–Kier alpha value is -3.43. The van der Waals surface area contributed by atoms with E-state index in [9.17, 15) is 24.0 Å². The number of benzene rings is 1. The van der Waals surface area contributed by atoms with Gasteiger partial charge in [0.25, 0.3) is 11.8 Å². The second-order valence-electron chi connectivity index (χ2n) is 7.46. The van der Waals surface area contributed by atoms with Crippen LogP contribution in [0.3, 0.4) is 0 Å². The molecule has 1 atom stereocenters. The third-order valence-electron chi connectivity index (χ3n) is 5.09. The Morgan fingerprint density at radius 3 is 2.67 bits per heavy atom. The molecule has 1 aromatic rings. The number of hydrogen-bond donors (Lipinski definition) is 2. The Kier molecular flexibility index (Phi) is 6.04. The van der Waals surface area contributed by atoms with E-state index in [1.807, 2.05) is 6.92 Å². The van der Waals surface area contributed by atoms with Crippen LogP contribution in [-0.2, 0) is 23.9 Å². The summed E-state index contributed by atoms with van der Waals surface area (Å²) in [5.41, 5.74) is -0.0632. The van der Waals surface area contributed by atoms with Gasteiger partial charge in [0.05, 0.1) is 11.4 Å². The van der Waals surface area contributed by atoms with Gasteiger partial charge in [-0.3, -0.25) is 29.0 Å². The van der Waals surface area contributed by atoms with E-state index in [-0.39, 0.29) is 12.5 Å². The van der Waals surface area contributed by atoms with E-state index in [1.165, 1.54) is 4.90 Å². The molecule has 1 aromatic carbocycles. The van der Waals surface area contributed by atoms with Crippen LogP contribution in [0.5, 0.6) is 0 Å². The Bertz CT molecular complexity index is 901. The number of urea groups is 1. The molecule has 0 radical (unpaired) electrons. The number of fused-ring (bicyclic) bond motifs is 1. The topological polar surface area (TPSA) is 125 Å². The van der Waals surface area contributed by atoms with E-state index in [1.54, 1.807) is 31.2 Å². The van der Waals surface area contributed by atoms with Crippen LogP contribution in [0.25, 0.3) is 0 Å². The zero-order chi connectivity index (χ0) is 21.9. The lowest BCUT2D eigenvalue weighted by atomic mass is 9.95. The van der Waals surface area contributed by atoms with Crippen LogP contribution in [0.1, 0.15) is 33.1 Å². The smallest absolute Gasteiger partial charge is 0.326 e. The molecule has 30 heavy (non-hydrogen) atoms. The van der Waals surface area contributed by atoms with Crippen LogP contribution in [0.2, 0.25) is 0 Å². The maximum absolute atomic E-state index is 12.6. The standard InChI is InChI=1S/C20H24N4O6/c1-3-4-9-20(2)18(28)24(19(29)22-20)11-17(27)30-12-16(26)23-10-15(25)21-13-7-5-6-8-14(13)23/h5-8H,3-4,9-12H2,1-2H3,(H,21,25)(H,22,29)/t20-/m0/s1. The molecule has 160 valence electrons. The monoisotopic (exact) mass is 416 g/mol. The number of amides is 5. The van der Waals surface area contributed by atoms with E-state index >= 15 is 0 Å². The SMILES string of the molecule is CCCC[C@]1(C)NC(=O)N(CC(=O)OCC(=O)N2CC(=O)Nc3ccccc32)C1=O. The van der Waals surface area contributed by atoms with Crippen molar-refractivity contribution in [3.8, 4) is 0 Å². The molecule has 0 saturated carbocycles. The summed E-state index contributed by atoms with van der Waals surface area (Å²) in [5, 5.41) is 5.27. The molecule has 2 aliphatic heterocycles. The van der Waals surface area contributed by atoms with Crippen molar-refractivity contribution in [1.82, 2.24) is 10.2 Å². The lowest BCUT2D eigenvalue weighted by Gasteiger charge is -2.28. The summed E-state index contributed by atoms with van der Waals surface area (Å²) < 4.78 is 4.98. The highest BCUT2D eigenvalue weighted by Crippen LogP contribution is 2.29. The number of unbranched alkanes of at least 4 members (excludes halogenated alkanes) is 1. The van der Waals surface area contributed by atoms with E-state index in [0.717, 1.165) is 17.7 Å². The third-order valence-corrected chi connectivity index (χ3v) is 5.09. The van der Waals surface area contributed by atoms with E-state index in [0.29, 0.717) is 17.8 Å². The first kappa shape index (κ1) is 21.3. The number of carbonyl (C=O) groups excluding carboxylic acids is 5. The highest BCUT2D eigenvalue weighted by molar-refractivity contribution is 6.11. The molecule has 0 aromatic heterocycles. The van der Waals surface area contributed by atoms with Crippen molar-refractivity contribution >= 4 is 41.1 Å². The molecule has 3 rings (SSSR count). The largest absolute Gasteiger partial charge is 0.454 e. The first-order valence-corrected chi connectivity index (χ1v) is 9.74. The van der Waals surface area contributed by atoms with Gasteiger partial charge in [0, 0.05) is 0 Å². The van der Waals surface area contributed by atoms with Crippen molar-refractivity contribution < 1.29 is 28.7 Å². The number of rotatable bonds is 7. The molecular weight excluding hydrogens is 392 g/mol. The number of hydrogen-bond acceptors (Lipinski definition) is 6. The van der Waals surface area contributed by atoms with Crippen molar-refractivity contribution in [2.75, 3.05) is 29.9 Å². The predicted molar refractivity (Wildman–Crippen MR) is 107 cm³/mol. The highest BCUT2D eigenvalue weighted by atomic mass is 16.5. The number of nitrogens with one attached hydrogen (secondary N) is 2. The summed E-state index contributed by atoms with van der Waals surface area (Å²) in [6, 6.07) is 6.10. The quantitative estimate of drug-likeness (QED) is 0.505. The van der Waals surface area contributed by atoms with Crippen molar-refractivity contribution in [3.63, 3.8) is 0 Å². The van der Waals surface area contributed by atoms with E-state index < -0.39 is 42.5 Å². The molecule has 0 bridgehead atoms. The lowest BCUT2D eigenvalue weighted by Crippen LogP contribution is -2.45. The van der Waals surface area contributed by atoms with Crippen LogP contribution in [0, 0.1) is 0 Å². The van der Waals surface area contributed by atoms with E-state index in [2.05, 4.69) is 10.6 Å². The molecule has 5 amide bonds. The number of carbonyl (C=O) groups is 5. The van der Waals surface area contributed by atoms with E-state index in [4.69, 9.17) is 4.74 Å². The highest BCUT2D eigenvalue weighted by Gasteiger charge is 2.47. The van der Waals surface area contributed by atoms with Crippen molar-refractivity contribution in [3.05, 3.63) is 24.3 Å². The average molecular weight is 416 g/mol. The molecule has 10 heteroatoms. The third kappa shape index (κ3) is 4.27. The fourth-order valence-electron chi connectivity index (χ4n) is 3.44. The molecule has 2 aliphatic rings. The van der Waals surface area contributed by atoms with Crippen LogP contribution < -0.4 is 15.5 Å². The molecule has 1 saturated heterocycles. The normalized spacial score (nSPS) is 20.5. The van der Waals surface area contributed by atoms with Crippen LogP contribution in [0.4, 0.5) is 16.2 Å². The van der Waals surface area contributed by atoms with Gasteiger partial charge in [0.1, 0.15) is 18.6 Å². The van der Waals surface area contributed by atoms with Crippen molar-refractivity contribution in [2.24, 2.45) is 0 Å². The first-order valence-electron chi connectivity index (χ1n) is 9.74. The lowest BCUT2D eigenvalue weighted by molar-refractivity contribution is -0.150. The fraction of sp³-hybridized carbons (Fsp3) is 0.450. The molecule has 0 aliphatic carbocycles. The number of esters is 1. The zero-order valence-corrected chi connectivity index (χ0v) is 16.9. The zero-order valence-electron chi connectivity index (χ0n) is 16.9. The summed E-state index contributed by atoms with van der Waals surface area (Å²) in [7, 11) is 0. The Balaban J connectivity index is 1.57. The summed E-state index contributed by atoms with van der Waals surface area (Å²) in [6.07, 6.45) is 2.08. The van der Waals surface area contributed by atoms with Crippen LogP contribution >= 0.6 is 0 Å². The number of nitrogens with zero attached hydrogens (tertiary/aromatic N) is 2. The van der Waals surface area contributed by atoms with Gasteiger partial charge in [-0.15, -0.1) is 0 Å². The van der Waals surface area contributed by atoms with Crippen LogP contribution in [-0.4, -0.2) is 59.9 Å². The molecule has 0 unspecified atom stereocenters. The number of ether oxygens (including phenoxy) is 1. The van der Waals surface area contributed by atoms with Gasteiger partial charge in [-0.2, -0.15) is 0 Å². The molecule has 1 fully saturated rings. The summed E-state index contributed by atoms with van der Waals surface area (Å²) in [4.78, 5) is 63.2. The Morgan fingerprint density at radius 2 is 1.93 bits per heavy atom. The Labute approximate surface area is 173 Å². The molecule has 0 spiro atoms. The number of para-hydroxylation sites is 2. The Morgan fingerprint density at radius 1 is 1.20 bits per heavy atom. The molecule has 2 N–H and O–H groups in total. The van der Waals surface area contributed by atoms with Gasteiger partial charge in [-0.05, 0) is 25.5 Å². The van der Waals surface area contributed by atoms with Crippen LogP contribution in [0.15, 0.2) is 24.3 Å². The minimum atomic E-state index is -1.05. The predicted octanol–water partition coefficient (Wildman–Crippen LogP) is 1.02. The van der Waals surface area contributed by atoms with Gasteiger partial charge in [0.15, 0.2) is 6.61 Å².